The first-order valence-electron chi connectivity index (χ1n) is 6.96. The number of sulfonamides is 1. The number of carbonyl (C=O) groups excluding carboxylic acids is 2. The van der Waals surface area contributed by atoms with Gasteiger partial charge < -0.3 is 10.2 Å². The minimum absolute atomic E-state index is 0.124. The van der Waals surface area contributed by atoms with Crippen LogP contribution in [0, 0.1) is 0 Å². The summed E-state index contributed by atoms with van der Waals surface area (Å²) in [6, 6.07) is 9.38. The van der Waals surface area contributed by atoms with Crippen molar-refractivity contribution in [1.29, 1.82) is 0 Å². The molecule has 2 N–H and O–H groups in total. The van der Waals surface area contributed by atoms with Gasteiger partial charge in [0.1, 0.15) is 4.21 Å². The van der Waals surface area contributed by atoms with Crippen molar-refractivity contribution in [2.75, 3.05) is 25.4 Å². The third kappa shape index (κ3) is 4.12. The zero-order valence-electron chi connectivity index (χ0n) is 13.1. The molecule has 7 nitrogen and oxygen atoms in total. The number of carbonyl (C=O) groups is 2. The molecule has 2 rings (SSSR count). The minimum atomic E-state index is -3.76. The van der Waals surface area contributed by atoms with Crippen molar-refractivity contribution < 1.29 is 18.0 Å². The zero-order chi connectivity index (χ0) is 17.7. The molecule has 0 aliphatic heterocycles. The van der Waals surface area contributed by atoms with E-state index in [0.29, 0.717) is 0 Å². The number of hydrogen-bond donors (Lipinski definition) is 2. The van der Waals surface area contributed by atoms with Crippen LogP contribution in [0.15, 0.2) is 46.0 Å². The normalized spacial score (nSPS) is 10.9. The highest BCUT2D eigenvalue weighted by molar-refractivity contribution is 7.94. The Morgan fingerprint density at radius 3 is 2.50 bits per heavy atom. The Bertz CT molecular complexity index is 832. The highest BCUT2D eigenvalue weighted by atomic mass is 32.2. The lowest BCUT2D eigenvalue weighted by molar-refractivity contribution is -0.121. The Morgan fingerprint density at radius 1 is 1.17 bits per heavy atom. The van der Waals surface area contributed by atoms with Crippen molar-refractivity contribution in [1.82, 2.24) is 10.2 Å². The van der Waals surface area contributed by atoms with E-state index in [1.54, 1.807) is 23.6 Å². The first-order valence-corrected chi connectivity index (χ1v) is 9.33. The summed E-state index contributed by atoms with van der Waals surface area (Å²) in [5.74, 6) is -0.773. The van der Waals surface area contributed by atoms with Gasteiger partial charge in [-0.2, -0.15) is 0 Å². The first-order chi connectivity index (χ1) is 11.3. The molecular weight excluding hydrogens is 350 g/mol. The monoisotopic (exact) mass is 367 g/mol. The van der Waals surface area contributed by atoms with E-state index < -0.39 is 15.9 Å². The van der Waals surface area contributed by atoms with Crippen LogP contribution in [0.5, 0.6) is 0 Å². The van der Waals surface area contributed by atoms with Gasteiger partial charge in [0.2, 0.25) is 5.91 Å². The van der Waals surface area contributed by atoms with Crippen molar-refractivity contribution in [3.05, 3.63) is 47.3 Å². The van der Waals surface area contributed by atoms with Gasteiger partial charge in [-0.15, -0.1) is 11.3 Å². The molecule has 0 bridgehead atoms. The maximum atomic E-state index is 12.5. The average Bonchev–Trinajstić information content (AvgIpc) is 3.09. The van der Waals surface area contributed by atoms with Crippen LogP contribution >= 0.6 is 11.3 Å². The van der Waals surface area contributed by atoms with E-state index >= 15 is 0 Å². The van der Waals surface area contributed by atoms with Crippen LogP contribution in [0.25, 0.3) is 0 Å². The fourth-order valence-electron chi connectivity index (χ4n) is 1.94. The minimum Gasteiger partial charge on any atom is -0.358 e. The van der Waals surface area contributed by atoms with Crippen LogP contribution in [-0.4, -0.2) is 45.8 Å². The molecule has 9 heteroatoms. The molecule has 0 fully saturated rings. The Labute approximate surface area is 144 Å². The summed E-state index contributed by atoms with van der Waals surface area (Å²) in [5.41, 5.74) is 0.337. The molecule has 24 heavy (non-hydrogen) atoms. The molecule has 0 atom stereocenters. The summed E-state index contributed by atoms with van der Waals surface area (Å²) >= 11 is 1.08. The quantitative estimate of drug-likeness (QED) is 0.806. The summed E-state index contributed by atoms with van der Waals surface area (Å²) < 4.78 is 27.3. The van der Waals surface area contributed by atoms with E-state index in [2.05, 4.69) is 10.0 Å². The molecular formula is C15H17N3O4S2. The Kier molecular flexibility index (Phi) is 5.58. The summed E-state index contributed by atoms with van der Waals surface area (Å²) in [4.78, 5) is 25.1. The lowest BCUT2D eigenvalue weighted by atomic mass is 10.1. The van der Waals surface area contributed by atoms with Gasteiger partial charge in [-0.05, 0) is 23.6 Å². The van der Waals surface area contributed by atoms with Gasteiger partial charge in [-0.3, -0.25) is 14.3 Å². The molecule has 0 aliphatic rings. The number of anilines is 1. The number of thiophene rings is 1. The molecule has 0 spiro atoms. The summed E-state index contributed by atoms with van der Waals surface area (Å²) in [7, 11) is -0.811. The second-order valence-corrected chi connectivity index (χ2v) is 7.77. The highest BCUT2D eigenvalue weighted by Gasteiger charge is 2.21. The van der Waals surface area contributed by atoms with E-state index in [-0.39, 0.29) is 27.9 Å². The predicted molar refractivity (Wildman–Crippen MR) is 92.6 cm³/mol. The molecule has 0 saturated carbocycles. The van der Waals surface area contributed by atoms with Crippen LogP contribution in [0.4, 0.5) is 5.69 Å². The molecule has 0 aliphatic carbocycles. The predicted octanol–water partition coefficient (Wildman–Crippen LogP) is 1.37. The van der Waals surface area contributed by atoms with E-state index in [0.717, 1.165) is 11.3 Å². The van der Waals surface area contributed by atoms with Crippen LogP contribution in [0.3, 0.4) is 0 Å². The molecule has 1 aromatic carbocycles. The number of nitrogens with zero attached hydrogens (tertiary/aromatic N) is 1. The summed E-state index contributed by atoms with van der Waals surface area (Å²) in [6.07, 6.45) is 0. The van der Waals surface area contributed by atoms with E-state index in [4.69, 9.17) is 0 Å². The van der Waals surface area contributed by atoms with Gasteiger partial charge in [-0.25, -0.2) is 8.42 Å². The maximum Gasteiger partial charge on any atom is 0.271 e. The topological polar surface area (TPSA) is 95.6 Å². The van der Waals surface area contributed by atoms with Gasteiger partial charge in [0.25, 0.3) is 15.9 Å². The van der Waals surface area contributed by atoms with Crippen molar-refractivity contribution >= 4 is 38.9 Å². The van der Waals surface area contributed by atoms with Crippen molar-refractivity contribution in [3.8, 4) is 0 Å². The van der Waals surface area contributed by atoms with Gasteiger partial charge >= 0.3 is 0 Å². The van der Waals surface area contributed by atoms with Crippen molar-refractivity contribution in [2.45, 2.75) is 4.21 Å². The van der Waals surface area contributed by atoms with Gasteiger partial charge in [-0.1, -0.05) is 18.2 Å². The van der Waals surface area contributed by atoms with Crippen LogP contribution in [0.2, 0.25) is 0 Å². The van der Waals surface area contributed by atoms with Gasteiger partial charge in [0, 0.05) is 14.1 Å². The summed E-state index contributed by atoms with van der Waals surface area (Å²) in [6.45, 7) is -0.124. The van der Waals surface area contributed by atoms with Gasteiger partial charge in [0.05, 0.1) is 17.8 Å². The zero-order valence-corrected chi connectivity index (χ0v) is 14.8. The third-order valence-electron chi connectivity index (χ3n) is 3.17. The Hall–Kier alpha value is -2.39. The number of amides is 2. The number of benzene rings is 1. The van der Waals surface area contributed by atoms with Crippen molar-refractivity contribution in [3.63, 3.8) is 0 Å². The number of hydrogen-bond acceptors (Lipinski definition) is 5. The van der Waals surface area contributed by atoms with Crippen LogP contribution < -0.4 is 10.0 Å². The lowest BCUT2D eigenvalue weighted by Gasteiger charge is -2.18. The SMILES string of the molecule is CNC(=O)CN(C)C(=O)c1ccccc1NS(=O)(=O)c1cccs1. The fourth-order valence-corrected chi connectivity index (χ4v) is 4.01. The molecule has 128 valence electrons. The summed E-state index contributed by atoms with van der Waals surface area (Å²) in [5, 5.41) is 4.09. The second-order valence-electron chi connectivity index (χ2n) is 4.92. The highest BCUT2D eigenvalue weighted by Crippen LogP contribution is 2.23. The fraction of sp³-hybridized carbons (Fsp3) is 0.200. The molecule has 2 aromatic rings. The van der Waals surface area contributed by atoms with Crippen LogP contribution in [0.1, 0.15) is 10.4 Å². The van der Waals surface area contributed by atoms with Crippen LogP contribution in [-0.2, 0) is 14.8 Å². The largest absolute Gasteiger partial charge is 0.358 e. The molecule has 1 heterocycles. The first kappa shape index (κ1) is 18.0. The number of para-hydroxylation sites is 1. The molecule has 2 amide bonds. The molecule has 0 saturated heterocycles. The third-order valence-corrected chi connectivity index (χ3v) is 5.93. The maximum absolute atomic E-state index is 12.5. The average molecular weight is 367 g/mol. The number of likely N-dealkylation sites (N-methyl/N-ethyl adjacent to an activating group) is 2. The van der Waals surface area contributed by atoms with E-state index in [1.807, 2.05) is 0 Å². The van der Waals surface area contributed by atoms with E-state index in [9.17, 15) is 18.0 Å². The number of nitrogens with one attached hydrogen (secondary N) is 2. The van der Waals surface area contributed by atoms with Gasteiger partial charge in [0.15, 0.2) is 0 Å². The molecule has 0 unspecified atom stereocenters. The molecule has 1 aromatic heterocycles. The Balaban J connectivity index is 2.28. The number of rotatable bonds is 6. The van der Waals surface area contributed by atoms with Crippen molar-refractivity contribution in [2.24, 2.45) is 0 Å². The Morgan fingerprint density at radius 2 is 1.88 bits per heavy atom. The smallest absolute Gasteiger partial charge is 0.271 e. The molecule has 0 radical (unpaired) electrons. The lowest BCUT2D eigenvalue weighted by Crippen LogP contribution is -2.37. The second kappa shape index (κ2) is 7.45. The standard InChI is InChI=1S/C15H17N3O4S2/c1-16-13(19)10-18(2)15(20)11-6-3-4-7-12(11)17-24(21,22)14-8-5-9-23-14/h3-9,17H,10H2,1-2H3,(H,16,19). The van der Waals surface area contributed by atoms with E-state index in [1.165, 1.54) is 37.2 Å².